The topological polar surface area (TPSA) is 38.0 Å². The Labute approximate surface area is 96.6 Å². The minimum Gasteiger partial charge on any atom is -0.271 e. The highest BCUT2D eigenvalue weighted by Crippen LogP contribution is 2.22. The Morgan fingerprint density at radius 1 is 1.27 bits per heavy atom. The maximum atomic E-state index is 5.53. The lowest BCUT2D eigenvalue weighted by atomic mass is 10.0. The SMILES string of the molecule is CCCC(NN)c1ccc(SCC)cc1. The first kappa shape index (κ1) is 12.6. The molecule has 1 unspecified atom stereocenters. The average molecular weight is 224 g/mol. The van der Waals surface area contributed by atoms with Gasteiger partial charge in [0.15, 0.2) is 0 Å². The van der Waals surface area contributed by atoms with Crippen molar-refractivity contribution in [3.8, 4) is 0 Å². The first-order valence-corrected chi connectivity index (χ1v) is 6.49. The predicted molar refractivity (Wildman–Crippen MR) is 67.8 cm³/mol. The van der Waals surface area contributed by atoms with Crippen molar-refractivity contribution in [1.82, 2.24) is 5.43 Å². The summed E-state index contributed by atoms with van der Waals surface area (Å²) in [5, 5.41) is 0. The Kier molecular flexibility index (Phi) is 5.76. The molecule has 0 aliphatic rings. The summed E-state index contributed by atoms with van der Waals surface area (Å²) in [6, 6.07) is 8.96. The van der Waals surface area contributed by atoms with Crippen molar-refractivity contribution in [3.63, 3.8) is 0 Å². The van der Waals surface area contributed by atoms with Crippen molar-refractivity contribution in [3.05, 3.63) is 29.8 Å². The summed E-state index contributed by atoms with van der Waals surface area (Å²) < 4.78 is 0. The van der Waals surface area contributed by atoms with Gasteiger partial charge in [-0.3, -0.25) is 11.3 Å². The van der Waals surface area contributed by atoms with Gasteiger partial charge in [0.25, 0.3) is 0 Å². The normalized spacial score (nSPS) is 12.7. The molecule has 3 heteroatoms. The number of hydrogen-bond donors (Lipinski definition) is 2. The van der Waals surface area contributed by atoms with Crippen LogP contribution in [0.3, 0.4) is 0 Å². The van der Waals surface area contributed by atoms with Gasteiger partial charge in [0.1, 0.15) is 0 Å². The molecule has 0 bridgehead atoms. The van der Waals surface area contributed by atoms with Gasteiger partial charge in [0, 0.05) is 10.9 Å². The molecule has 0 spiro atoms. The van der Waals surface area contributed by atoms with Gasteiger partial charge in [-0.15, -0.1) is 11.8 Å². The minimum absolute atomic E-state index is 0.288. The van der Waals surface area contributed by atoms with E-state index >= 15 is 0 Å². The lowest BCUT2D eigenvalue weighted by Crippen LogP contribution is -2.27. The van der Waals surface area contributed by atoms with Crippen molar-refractivity contribution in [2.24, 2.45) is 5.84 Å². The molecule has 1 aromatic carbocycles. The lowest BCUT2D eigenvalue weighted by molar-refractivity contribution is 0.510. The molecular weight excluding hydrogens is 204 g/mol. The fraction of sp³-hybridized carbons (Fsp3) is 0.500. The molecule has 0 fully saturated rings. The molecule has 1 aromatic rings. The summed E-state index contributed by atoms with van der Waals surface area (Å²) in [5.41, 5.74) is 4.14. The Bertz CT molecular complexity index is 271. The van der Waals surface area contributed by atoms with Crippen molar-refractivity contribution in [1.29, 1.82) is 0 Å². The van der Waals surface area contributed by atoms with Gasteiger partial charge in [-0.25, -0.2) is 0 Å². The highest BCUT2D eigenvalue weighted by Gasteiger charge is 2.07. The van der Waals surface area contributed by atoms with Crippen LogP contribution in [0, 0.1) is 0 Å². The summed E-state index contributed by atoms with van der Waals surface area (Å²) in [6.45, 7) is 4.34. The van der Waals surface area contributed by atoms with Crippen molar-refractivity contribution >= 4 is 11.8 Å². The van der Waals surface area contributed by atoms with Crippen LogP contribution in [0.1, 0.15) is 38.3 Å². The van der Waals surface area contributed by atoms with Crippen LogP contribution in [0.25, 0.3) is 0 Å². The number of thioether (sulfide) groups is 1. The molecule has 0 aliphatic carbocycles. The number of hydrogen-bond acceptors (Lipinski definition) is 3. The summed E-state index contributed by atoms with van der Waals surface area (Å²) >= 11 is 1.86. The van der Waals surface area contributed by atoms with E-state index in [2.05, 4.69) is 43.5 Å². The third-order valence-corrected chi connectivity index (χ3v) is 3.27. The monoisotopic (exact) mass is 224 g/mol. The highest BCUT2D eigenvalue weighted by atomic mass is 32.2. The molecule has 2 nitrogen and oxygen atoms in total. The minimum atomic E-state index is 0.288. The van der Waals surface area contributed by atoms with Gasteiger partial charge < -0.3 is 0 Å². The zero-order valence-electron chi connectivity index (χ0n) is 9.49. The van der Waals surface area contributed by atoms with E-state index in [4.69, 9.17) is 5.84 Å². The van der Waals surface area contributed by atoms with Gasteiger partial charge in [-0.2, -0.15) is 0 Å². The van der Waals surface area contributed by atoms with Crippen molar-refractivity contribution < 1.29 is 0 Å². The third kappa shape index (κ3) is 3.86. The Morgan fingerprint density at radius 2 is 1.93 bits per heavy atom. The number of rotatable bonds is 6. The molecule has 0 aliphatic heterocycles. The second-order valence-corrected chi connectivity index (χ2v) is 4.85. The molecule has 84 valence electrons. The van der Waals surface area contributed by atoms with Crippen LogP contribution in [0.4, 0.5) is 0 Å². The second kappa shape index (κ2) is 6.88. The van der Waals surface area contributed by atoms with Gasteiger partial charge in [0.2, 0.25) is 0 Å². The van der Waals surface area contributed by atoms with E-state index in [0.717, 1.165) is 18.6 Å². The number of benzene rings is 1. The summed E-state index contributed by atoms with van der Waals surface area (Å²) in [7, 11) is 0. The Balaban J connectivity index is 2.68. The van der Waals surface area contributed by atoms with Crippen molar-refractivity contribution in [2.75, 3.05) is 5.75 Å². The van der Waals surface area contributed by atoms with Crippen LogP contribution in [-0.4, -0.2) is 5.75 Å². The third-order valence-electron chi connectivity index (χ3n) is 2.37. The van der Waals surface area contributed by atoms with Gasteiger partial charge in [-0.1, -0.05) is 32.4 Å². The molecule has 0 radical (unpaired) electrons. The van der Waals surface area contributed by atoms with Crippen LogP contribution >= 0.6 is 11.8 Å². The predicted octanol–water partition coefficient (Wildman–Crippen LogP) is 3.10. The highest BCUT2D eigenvalue weighted by molar-refractivity contribution is 7.99. The number of hydrazine groups is 1. The Morgan fingerprint density at radius 3 is 2.40 bits per heavy atom. The summed E-state index contributed by atoms with van der Waals surface area (Å²) in [4.78, 5) is 1.33. The smallest absolute Gasteiger partial charge is 0.0459 e. The van der Waals surface area contributed by atoms with E-state index in [1.54, 1.807) is 0 Å². The van der Waals surface area contributed by atoms with E-state index in [1.807, 2.05) is 11.8 Å². The molecule has 0 saturated heterocycles. The maximum absolute atomic E-state index is 5.53. The molecule has 15 heavy (non-hydrogen) atoms. The first-order chi connectivity index (χ1) is 7.31. The van der Waals surface area contributed by atoms with E-state index in [0.29, 0.717) is 0 Å². The van der Waals surface area contributed by atoms with Crippen LogP contribution in [-0.2, 0) is 0 Å². The zero-order chi connectivity index (χ0) is 11.1. The average Bonchev–Trinajstić information content (AvgIpc) is 2.28. The molecule has 0 heterocycles. The van der Waals surface area contributed by atoms with Crippen LogP contribution in [0.5, 0.6) is 0 Å². The van der Waals surface area contributed by atoms with E-state index in [9.17, 15) is 0 Å². The largest absolute Gasteiger partial charge is 0.271 e. The van der Waals surface area contributed by atoms with Crippen molar-refractivity contribution in [2.45, 2.75) is 37.6 Å². The lowest BCUT2D eigenvalue weighted by Gasteiger charge is -2.15. The van der Waals surface area contributed by atoms with Gasteiger partial charge in [-0.05, 0) is 29.9 Å². The quantitative estimate of drug-likeness (QED) is 0.443. The summed E-state index contributed by atoms with van der Waals surface area (Å²) in [5.74, 6) is 6.65. The van der Waals surface area contributed by atoms with E-state index in [-0.39, 0.29) is 6.04 Å². The second-order valence-electron chi connectivity index (χ2n) is 3.51. The first-order valence-electron chi connectivity index (χ1n) is 5.50. The van der Waals surface area contributed by atoms with Crippen LogP contribution in [0.15, 0.2) is 29.2 Å². The molecule has 0 aromatic heterocycles. The fourth-order valence-electron chi connectivity index (χ4n) is 1.60. The molecule has 3 N–H and O–H groups in total. The number of nitrogens with two attached hydrogens (primary N) is 1. The van der Waals surface area contributed by atoms with Crippen LogP contribution < -0.4 is 11.3 Å². The van der Waals surface area contributed by atoms with Gasteiger partial charge in [0.05, 0.1) is 0 Å². The molecule has 0 amide bonds. The zero-order valence-corrected chi connectivity index (χ0v) is 10.3. The Hall–Kier alpha value is -0.510. The molecular formula is C12H20N2S. The standard InChI is InChI=1S/C12H20N2S/c1-3-5-12(14-13)10-6-8-11(9-7-10)15-4-2/h6-9,12,14H,3-5,13H2,1-2H3. The summed E-state index contributed by atoms with van der Waals surface area (Å²) in [6.07, 6.45) is 2.22. The maximum Gasteiger partial charge on any atom is 0.0459 e. The van der Waals surface area contributed by atoms with E-state index in [1.165, 1.54) is 10.5 Å². The number of nitrogens with one attached hydrogen (secondary N) is 1. The molecule has 0 saturated carbocycles. The van der Waals surface area contributed by atoms with E-state index < -0.39 is 0 Å². The molecule has 1 rings (SSSR count). The van der Waals surface area contributed by atoms with Crippen LogP contribution in [0.2, 0.25) is 0 Å². The fourth-order valence-corrected chi connectivity index (χ4v) is 2.26. The van der Waals surface area contributed by atoms with Gasteiger partial charge >= 0.3 is 0 Å². The molecule has 1 atom stereocenters.